The van der Waals surface area contributed by atoms with Crippen LogP contribution in [0, 0.1) is 18.0 Å². The van der Waals surface area contributed by atoms with E-state index in [1.165, 1.54) is 0 Å². The third-order valence-corrected chi connectivity index (χ3v) is 17.1. The van der Waals surface area contributed by atoms with E-state index in [9.17, 15) is 18.0 Å². The molecule has 202 valence electrons. The van der Waals surface area contributed by atoms with E-state index < -0.39 is 57.5 Å². The first-order valence-corrected chi connectivity index (χ1v) is 17.2. The molecule has 0 heterocycles. The van der Waals surface area contributed by atoms with Gasteiger partial charge in [-0.25, -0.2) is 0 Å². The number of rotatable bonds is 5. The van der Waals surface area contributed by atoms with Crippen LogP contribution in [-0.4, -0.2) is 24.7 Å². The summed E-state index contributed by atoms with van der Waals surface area (Å²) < 4.78 is 34.4. The number of benzene rings is 2. The molecule has 2 atom stereocenters. The van der Waals surface area contributed by atoms with Gasteiger partial charge in [-0.1, -0.05) is 0 Å². The Labute approximate surface area is 229 Å². The third kappa shape index (κ3) is 4.15. The number of hydrogen-bond acceptors (Lipinski definition) is 5. The molecule has 2 aromatic rings. The number of carbonyl (C=O) groups is 2. The van der Waals surface area contributed by atoms with E-state index in [-0.39, 0.29) is 17.3 Å². The van der Waals surface area contributed by atoms with Crippen molar-refractivity contribution in [1.29, 1.82) is 0 Å². The third-order valence-electron chi connectivity index (χ3n) is 8.83. The molecule has 2 aromatic carbocycles. The van der Waals surface area contributed by atoms with Crippen LogP contribution in [0.25, 0.3) is 0 Å². The van der Waals surface area contributed by atoms with Gasteiger partial charge < -0.3 is 0 Å². The summed E-state index contributed by atoms with van der Waals surface area (Å²) in [6, 6.07) is 15.9. The molecule has 7 heteroatoms. The van der Waals surface area contributed by atoms with Crippen molar-refractivity contribution in [3.8, 4) is 0 Å². The minimum atomic E-state index is -4.43. The molecule has 37 heavy (non-hydrogen) atoms. The Balaban J connectivity index is 1.82. The zero-order valence-electron chi connectivity index (χ0n) is 23.4. The minimum absolute atomic E-state index is 0.0488. The fraction of sp³-hybridized carbons (Fsp3) is 0.533. The first kappa shape index (κ1) is 28.4. The summed E-state index contributed by atoms with van der Waals surface area (Å²) in [5, 5.41) is 0. The van der Waals surface area contributed by atoms with Crippen molar-refractivity contribution in [3.63, 3.8) is 0 Å². The van der Waals surface area contributed by atoms with Crippen LogP contribution >= 0.6 is 20.2 Å². The Morgan fingerprint density at radius 1 is 0.703 bits per heavy atom. The predicted molar refractivity (Wildman–Crippen MR) is 156 cm³/mol. The van der Waals surface area contributed by atoms with Gasteiger partial charge in [0, 0.05) is 0 Å². The van der Waals surface area contributed by atoms with Gasteiger partial charge in [-0.3, -0.25) is 0 Å². The molecule has 2 unspecified atom stereocenters. The molecule has 2 aliphatic carbocycles. The van der Waals surface area contributed by atoms with Crippen LogP contribution < -0.4 is 0 Å². The average Bonchev–Trinajstić information content (AvgIpc) is 3.08. The number of Topliss-reactive ketones (excluding diaryl/α,β-unsaturated/α-hetero) is 2. The molecule has 0 spiro atoms. The summed E-state index contributed by atoms with van der Waals surface area (Å²) >= 11 is -3.04. The van der Waals surface area contributed by atoms with E-state index in [2.05, 4.69) is 41.5 Å². The molecule has 5 nitrogen and oxygen atoms in total. The Morgan fingerprint density at radius 3 is 1.43 bits per heavy atom. The summed E-state index contributed by atoms with van der Waals surface area (Å²) in [4.78, 5) is 26.3. The van der Waals surface area contributed by atoms with Gasteiger partial charge in [-0.2, -0.15) is 0 Å². The number of carbonyl (C=O) groups excluding carboxylic acids is 2. The fourth-order valence-electron chi connectivity index (χ4n) is 5.74. The van der Waals surface area contributed by atoms with Gasteiger partial charge in [0.2, 0.25) is 0 Å². The summed E-state index contributed by atoms with van der Waals surface area (Å²) in [5.74, 6) is -1.39. The van der Waals surface area contributed by atoms with E-state index in [1.54, 1.807) is 20.8 Å². The summed E-state index contributed by atoms with van der Waals surface area (Å²) in [6.07, 6.45) is 0.473. The van der Waals surface area contributed by atoms with Crippen molar-refractivity contribution in [1.82, 2.24) is 0 Å². The number of ketones is 2. The van der Waals surface area contributed by atoms with Crippen LogP contribution in [0.4, 0.5) is 0 Å². The molecular weight excluding hydrogens is 599 g/mol. The fourth-order valence-corrected chi connectivity index (χ4v) is 14.0. The second-order valence-electron chi connectivity index (χ2n) is 13.2. The molecule has 0 aliphatic heterocycles. The van der Waals surface area contributed by atoms with Crippen LogP contribution in [-0.2, 0) is 33.0 Å². The first-order chi connectivity index (χ1) is 16.8. The molecule has 0 saturated heterocycles. The molecule has 0 radical (unpaired) electrons. The Morgan fingerprint density at radius 2 is 1.11 bits per heavy atom. The molecule has 2 saturated carbocycles. The van der Waals surface area contributed by atoms with E-state index in [1.807, 2.05) is 48.5 Å². The normalized spacial score (nSPS) is 26.0. The molecule has 0 amide bonds. The number of halogens is 1. The van der Waals surface area contributed by atoms with Gasteiger partial charge in [0.05, 0.1) is 0 Å². The second kappa shape index (κ2) is 8.71. The van der Waals surface area contributed by atoms with E-state index >= 15 is 0 Å². The quantitative estimate of drug-likeness (QED) is 0.266. The van der Waals surface area contributed by atoms with Gasteiger partial charge in [-0.15, -0.1) is 0 Å². The van der Waals surface area contributed by atoms with Crippen molar-refractivity contribution in [2.75, 3.05) is 0 Å². The van der Waals surface area contributed by atoms with Crippen molar-refractivity contribution >= 4 is 41.9 Å². The molecule has 0 aromatic heterocycles. The SMILES string of the molecule is CC(C)(C)c1ccc(I(OS(=O)(=O)C23CCC(C)(C(=O)C2=O)C3(C)C)c2ccc(C(C)(C)C)cc2)cc1. The van der Waals surface area contributed by atoms with Crippen molar-refractivity contribution in [3.05, 3.63) is 66.8 Å². The van der Waals surface area contributed by atoms with Gasteiger partial charge in [0.1, 0.15) is 0 Å². The maximum atomic E-state index is 14.2. The molecule has 0 N–H and O–H groups in total. The monoisotopic (exact) mass is 638 g/mol. The Kier molecular flexibility index (Phi) is 6.70. The summed E-state index contributed by atoms with van der Waals surface area (Å²) in [6.45, 7) is 18.0. The van der Waals surface area contributed by atoms with E-state index in [0.717, 1.165) is 18.3 Å². The van der Waals surface area contributed by atoms with Crippen molar-refractivity contribution in [2.45, 2.75) is 90.7 Å². The maximum absolute atomic E-state index is 14.2. The molecule has 2 fully saturated rings. The second-order valence-corrected chi connectivity index (χ2v) is 19.9. The van der Waals surface area contributed by atoms with Crippen LogP contribution in [0.1, 0.15) is 86.3 Å². The Hall–Kier alpha value is -1.58. The van der Waals surface area contributed by atoms with Crippen LogP contribution in [0.5, 0.6) is 0 Å². The van der Waals surface area contributed by atoms with Crippen LogP contribution in [0.2, 0.25) is 0 Å². The zero-order chi connectivity index (χ0) is 27.8. The standard InChI is InChI=1S/C30H39IO5S/c1-26(2,3)20-10-14-22(15-11-20)31(23-16-12-21(13-17-23)27(4,5)6)36-37(34,35)30-19-18-29(9,28(30,7)8)24(32)25(30)33/h10-17H,18-19H2,1-9H3. The van der Waals surface area contributed by atoms with Crippen LogP contribution in [0.3, 0.4) is 0 Å². The molecule has 4 rings (SSSR count). The summed E-state index contributed by atoms with van der Waals surface area (Å²) in [7, 11) is -4.43. The zero-order valence-corrected chi connectivity index (χ0v) is 26.3. The topological polar surface area (TPSA) is 77.5 Å². The van der Waals surface area contributed by atoms with Gasteiger partial charge in [0.25, 0.3) is 0 Å². The number of fused-ring (bicyclic) bond motifs is 2. The predicted octanol–water partition coefficient (Wildman–Crippen LogP) is 6.81. The van der Waals surface area contributed by atoms with Crippen LogP contribution in [0.15, 0.2) is 48.5 Å². The van der Waals surface area contributed by atoms with E-state index in [4.69, 9.17) is 2.51 Å². The van der Waals surface area contributed by atoms with E-state index in [0.29, 0.717) is 6.42 Å². The van der Waals surface area contributed by atoms with Gasteiger partial charge in [-0.05, 0) is 0 Å². The molecule has 2 bridgehead atoms. The Bertz CT molecular complexity index is 1290. The average molecular weight is 639 g/mol. The first-order valence-electron chi connectivity index (χ1n) is 12.7. The molecule has 2 aliphatic rings. The van der Waals surface area contributed by atoms with Gasteiger partial charge >= 0.3 is 231 Å². The summed E-state index contributed by atoms with van der Waals surface area (Å²) in [5.41, 5.74) is 0.129. The molecular formula is C30H39IO5S. The number of hydrogen-bond donors (Lipinski definition) is 0. The van der Waals surface area contributed by atoms with Crippen molar-refractivity contribution < 1.29 is 20.5 Å². The van der Waals surface area contributed by atoms with Gasteiger partial charge in [0.15, 0.2) is 0 Å². The van der Waals surface area contributed by atoms with Crippen molar-refractivity contribution in [2.24, 2.45) is 10.8 Å².